The molecule has 0 aromatic heterocycles. The highest BCUT2D eigenvalue weighted by Gasteiger charge is 2.32. The number of aryl methyl sites for hydroxylation is 3. The highest BCUT2D eigenvalue weighted by atomic mass is 32.2. The summed E-state index contributed by atoms with van der Waals surface area (Å²) < 4.78 is 26.0. The van der Waals surface area contributed by atoms with Crippen molar-refractivity contribution in [3.05, 3.63) is 51.3 Å². The van der Waals surface area contributed by atoms with Crippen LogP contribution in [0.25, 0.3) is 0 Å². The predicted octanol–water partition coefficient (Wildman–Crippen LogP) is 1.22. The van der Waals surface area contributed by atoms with Crippen LogP contribution >= 0.6 is 0 Å². The van der Waals surface area contributed by atoms with E-state index in [1.165, 1.54) is 0 Å². The van der Waals surface area contributed by atoms with Crippen LogP contribution in [0.5, 0.6) is 0 Å². The van der Waals surface area contributed by atoms with Gasteiger partial charge in [-0.05, 0) is 36.8 Å². The maximum Gasteiger partial charge on any atom is 0.450 e. The quantitative estimate of drug-likeness (QED) is 0.653. The van der Waals surface area contributed by atoms with E-state index in [0.717, 1.165) is 18.0 Å². The molecule has 8 nitrogen and oxygen atoms in total. The molecule has 1 N–H and O–H groups in total. The van der Waals surface area contributed by atoms with Gasteiger partial charge in [0.1, 0.15) is 6.20 Å². The summed E-state index contributed by atoms with van der Waals surface area (Å²) in [4.78, 5) is 13.5. The molecule has 0 atom stereocenters. The number of hydrogen-bond acceptors (Lipinski definition) is 6. The number of sulfonamides is 1. The Morgan fingerprint density at radius 1 is 1.24 bits per heavy atom. The van der Waals surface area contributed by atoms with Crippen LogP contribution < -0.4 is 5.43 Å². The number of nitrogens with one attached hydrogen (secondary N) is 1. The summed E-state index contributed by atoms with van der Waals surface area (Å²) >= 11 is 0. The van der Waals surface area contributed by atoms with E-state index >= 15 is 0 Å². The molecule has 1 heterocycles. The van der Waals surface area contributed by atoms with Gasteiger partial charge in [-0.1, -0.05) is 22.7 Å². The topological polar surface area (TPSA) is 105 Å². The molecule has 1 aliphatic rings. The molecule has 1 aromatic rings. The van der Waals surface area contributed by atoms with E-state index in [9.17, 15) is 18.5 Å². The highest BCUT2D eigenvalue weighted by Crippen LogP contribution is 2.25. The number of guanidine groups is 1. The van der Waals surface area contributed by atoms with Gasteiger partial charge in [-0.3, -0.25) is 0 Å². The van der Waals surface area contributed by atoms with Gasteiger partial charge in [0.05, 0.1) is 11.1 Å². The summed E-state index contributed by atoms with van der Waals surface area (Å²) in [6, 6.07) is 3.49. The Morgan fingerprint density at radius 3 is 2.33 bits per heavy atom. The first-order chi connectivity index (χ1) is 9.73. The van der Waals surface area contributed by atoms with Crippen LogP contribution in [0.2, 0.25) is 0 Å². The third kappa shape index (κ3) is 2.72. The monoisotopic (exact) mass is 310 g/mol. The van der Waals surface area contributed by atoms with Crippen molar-refractivity contribution in [3.63, 3.8) is 0 Å². The zero-order valence-corrected chi connectivity index (χ0v) is 12.5. The van der Waals surface area contributed by atoms with Crippen molar-refractivity contribution >= 4 is 16.0 Å². The van der Waals surface area contributed by atoms with Gasteiger partial charge in [-0.25, -0.2) is 0 Å². The van der Waals surface area contributed by atoms with Gasteiger partial charge in [-0.2, -0.15) is 13.8 Å². The minimum Gasteiger partial charge on any atom is -0.390 e. The van der Waals surface area contributed by atoms with Gasteiger partial charge in [0, 0.05) is 0 Å². The van der Waals surface area contributed by atoms with Crippen molar-refractivity contribution in [2.45, 2.75) is 25.7 Å². The molecule has 112 valence electrons. The zero-order valence-electron chi connectivity index (χ0n) is 11.7. The number of nitrogens with zero attached hydrogens (tertiary/aromatic N) is 3. The second-order valence-corrected chi connectivity index (χ2v) is 6.40. The number of aliphatic imine (C=N–C) groups is 1. The van der Waals surface area contributed by atoms with Crippen LogP contribution in [-0.2, 0) is 10.0 Å². The lowest BCUT2D eigenvalue weighted by molar-refractivity contribution is -0.357. The van der Waals surface area contributed by atoms with E-state index in [2.05, 4.69) is 10.4 Å². The summed E-state index contributed by atoms with van der Waals surface area (Å²) in [5.74, 6) is -0.650. The van der Waals surface area contributed by atoms with Crippen LogP contribution in [-0.4, -0.2) is 23.7 Å². The molecule has 0 bridgehead atoms. The lowest BCUT2D eigenvalue weighted by Crippen LogP contribution is -2.47. The highest BCUT2D eigenvalue weighted by molar-refractivity contribution is 7.89. The Balaban J connectivity index is 2.48. The largest absolute Gasteiger partial charge is 0.450 e. The van der Waals surface area contributed by atoms with E-state index < -0.39 is 20.9 Å². The summed E-state index contributed by atoms with van der Waals surface area (Å²) in [6.45, 7) is 5.24. The fourth-order valence-corrected chi connectivity index (χ4v) is 3.77. The molecular weight excluding hydrogens is 296 g/mol. The Morgan fingerprint density at radius 2 is 1.81 bits per heavy atom. The third-order valence-corrected chi connectivity index (χ3v) is 4.79. The van der Waals surface area contributed by atoms with Gasteiger partial charge in [0.25, 0.3) is 10.0 Å². The van der Waals surface area contributed by atoms with Gasteiger partial charge >= 0.3 is 5.96 Å². The molecule has 1 aromatic carbocycles. The second kappa shape index (κ2) is 5.17. The van der Waals surface area contributed by atoms with Crippen LogP contribution in [0.15, 0.2) is 34.4 Å². The molecule has 9 heteroatoms. The number of nitro groups is 1. The van der Waals surface area contributed by atoms with Crippen LogP contribution in [0.4, 0.5) is 0 Å². The number of rotatable bonds is 2. The first-order valence-electron chi connectivity index (χ1n) is 6.01. The summed E-state index contributed by atoms with van der Waals surface area (Å²) in [5, 5.41) is 10.7. The fourth-order valence-electron chi connectivity index (χ4n) is 2.23. The molecule has 0 aliphatic carbocycles. The summed E-state index contributed by atoms with van der Waals surface area (Å²) in [5.41, 5.74) is 4.27. The van der Waals surface area contributed by atoms with Gasteiger partial charge < -0.3 is 10.1 Å². The van der Waals surface area contributed by atoms with Crippen molar-refractivity contribution in [1.82, 2.24) is 9.84 Å². The maximum atomic E-state index is 12.6. The lowest BCUT2D eigenvalue weighted by Gasteiger charge is -2.21. The molecule has 0 amide bonds. The maximum absolute atomic E-state index is 12.6. The van der Waals surface area contributed by atoms with Crippen LogP contribution in [0.3, 0.4) is 0 Å². The minimum atomic E-state index is -3.96. The Kier molecular flexibility index (Phi) is 3.69. The number of hydrogen-bond donors (Lipinski definition) is 1. The molecule has 0 saturated heterocycles. The number of benzene rings is 1. The summed E-state index contributed by atoms with van der Waals surface area (Å²) in [6.07, 6.45) is 2.19. The van der Waals surface area contributed by atoms with Crippen LogP contribution in [0.1, 0.15) is 16.7 Å². The average Bonchev–Trinajstić information content (AvgIpc) is 2.37. The molecule has 0 spiro atoms. The molecule has 0 fully saturated rings. The molecule has 0 unspecified atom stereocenters. The first-order valence-corrected chi connectivity index (χ1v) is 7.45. The van der Waals surface area contributed by atoms with E-state index in [1.54, 1.807) is 26.0 Å². The zero-order chi connectivity index (χ0) is 15.8. The van der Waals surface area contributed by atoms with E-state index in [-0.39, 0.29) is 4.90 Å². The van der Waals surface area contributed by atoms with Crippen LogP contribution in [0, 0.1) is 30.9 Å². The second-order valence-electron chi connectivity index (χ2n) is 4.65. The Hall–Kier alpha value is -2.42. The average molecular weight is 310 g/mol. The van der Waals surface area contributed by atoms with E-state index in [0.29, 0.717) is 15.5 Å². The van der Waals surface area contributed by atoms with Gasteiger partial charge in [-0.15, -0.1) is 4.41 Å². The molecule has 0 radical (unpaired) electrons. The van der Waals surface area contributed by atoms with Crippen molar-refractivity contribution in [2.75, 3.05) is 0 Å². The smallest absolute Gasteiger partial charge is 0.390 e. The first kappa shape index (κ1) is 15.0. The molecule has 21 heavy (non-hydrogen) atoms. The standard InChI is InChI=1S/C12H14N4O4S/c1-8-6-9(2)11(10(3)7-8)21(19,20)15-5-4-13-12(14-15)16(17)18/h4-7H,1-3H3,(H,13,14). The van der Waals surface area contributed by atoms with Crippen molar-refractivity contribution < 1.29 is 13.3 Å². The van der Waals surface area contributed by atoms with Crippen molar-refractivity contribution in [2.24, 2.45) is 4.99 Å². The molecule has 2 rings (SSSR count). The normalized spacial score (nSPS) is 14.6. The summed E-state index contributed by atoms with van der Waals surface area (Å²) in [7, 11) is -3.96. The Labute approximate surface area is 122 Å². The minimum absolute atomic E-state index is 0.120. The number of hydrazine groups is 1. The van der Waals surface area contributed by atoms with Crippen molar-refractivity contribution in [3.8, 4) is 0 Å². The molecule has 1 aliphatic heterocycles. The molecule has 0 saturated carbocycles. The predicted molar refractivity (Wildman–Crippen MR) is 76.4 cm³/mol. The lowest BCUT2D eigenvalue weighted by atomic mass is 10.1. The fraction of sp³-hybridized carbons (Fsp3) is 0.250. The van der Waals surface area contributed by atoms with E-state index in [1.807, 2.05) is 6.92 Å². The molecular formula is C12H14N4O4S. The van der Waals surface area contributed by atoms with Crippen molar-refractivity contribution in [1.29, 1.82) is 0 Å². The third-order valence-electron chi connectivity index (χ3n) is 2.90. The Bertz CT molecular complexity index is 744. The van der Waals surface area contributed by atoms with Gasteiger partial charge in [0.2, 0.25) is 0 Å². The van der Waals surface area contributed by atoms with E-state index in [4.69, 9.17) is 0 Å². The SMILES string of the molecule is Cc1cc(C)c(S(=O)(=O)N2C=CN=C([N+](=O)[O-])N2)c(C)c1. The van der Waals surface area contributed by atoms with Gasteiger partial charge in [0.15, 0.2) is 0 Å².